The number of benzene rings is 5. The number of hydrogen-bond acceptors (Lipinski definition) is 1. The molecule has 0 unspecified atom stereocenters. The van der Waals surface area contributed by atoms with E-state index in [9.17, 15) is 0 Å². The highest BCUT2D eigenvalue weighted by atomic mass is 31.1. The van der Waals surface area contributed by atoms with Crippen molar-refractivity contribution in [1.29, 1.82) is 0 Å². The molecule has 0 saturated heterocycles. The molecule has 5 aromatic carbocycles. The second-order valence-corrected chi connectivity index (χ2v) is 11.6. The van der Waals surface area contributed by atoms with Crippen LogP contribution in [-0.4, -0.2) is 6.04 Å². The molecule has 0 aliphatic carbocycles. The molecule has 162 valence electrons. The Kier molecular flexibility index (Phi) is 5.25. The lowest BCUT2D eigenvalue weighted by molar-refractivity contribution is 0.709. The van der Waals surface area contributed by atoms with E-state index in [1.54, 1.807) is 0 Å². The second-order valence-electron chi connectivity index (χ2n) is 9.26. The first-order chi connectivity index (χ1) is 16.2. The standard InChI is InChI=1S/C31H28NP/c1-21(32)31(24-11-3-2-4-12-24)33-19-25-17-15-22-9-5-7-13-27(22)29(25)30-26(20-33)18-16-23-10-6-8-14-28(23)30/h2-18,21,31H,19-20,32H2,1H3/t21-,31-/m1/s1. The van der Waals surface area contributed by atoms with E-state index < -0.39 is 0 Å². The molecule has 6 rings (SSSR count). The van der Waals surface area contributed by atoms with Gasteiger partial charge in [-0.15, -0.1) is 0 Å². The normalized spacial score (nSPS) is 15.6. The minimum Gasteiger partial charge on any atom is -0.327 e. The highest BCUT2D eigenvalue weighted by Crippen LogP contribution is 2.61. The summed E-state index contributed by atoms with van der Waals surface area (Å²) in [5, 5.41) is 5.35. The van der Waals surface area contributed by atoms with E-state index in [1.807, 2.05) is 0 Å². The van der Waals surface area contributed by atoms with Gasteiger partial charge < -0.3 is 5.73 Å². The molecule has 2 heteroatoms. The number of rotatable bonds is 3. The monoisotopic (exact) mass is 445 g/mol. The van der Waals surface area contributed by atoms with E-state index in [2.05, 4.69) is 110 Å². The Balaban J connectivity index is 1.64. The van der Waals surface area contributed by atoms with E-state index in [1.165, 1.54) is 49.4 Å². The van der Waals surface area contributed by atoms with Crippen molar-refractivity contribution in [2.24, 2.45) is 5.73 Å². The van der Waals surface area contributed by atoms with Crippen molar-refractivity contribution in [3.8, 4) is 11.1 Å². The van der Waals surface area contributed by atoms with Crippen LogP contribution in [0.15, 0.2) is 103 Å². The smallest absolute Gasteiger partial charge is 0.0197 e. The van der Waals surface area contributed by atoms with Gasteiger partial charge in [-0.25, -0.2) is 0 Å². The van der Waals surface area contributed by atoms with Gasteiger partial charge in [0.2, 0.25) is 0 Å². The SMILES string of the molecule is C[C@@H](N)[C@H](c1ccccc1)P1Cc2ccc3ccccc3c2-c2c(ccc3ccccc23)C1. The lowest BCUT2D eigenvalue weighted by Gasteiger charge is -2.31. The first-order valence-electron chi connectivity index (χ1n) is 11.8. The average molecular weight is 446 g/mol. The zero-order valence-electron chi connectivity index (χ0n) is 18.9. The fourth-order valence-electron chi connectivity index (χ4n) is 5.67. The van der Waals surface area contributed by atoms with E-state index in [4.69, 9.17) is 5.73 Å². The van der Waals surface area contributed by atoms with Gasteiger partial charge in [0.25, 0.3) is 0 Å². The third-order valence-electron chi connectivity index (χ3n) is 7.06. The van der Waals surface area contributed by atoms with E-state index >= 15 is 0 Å². The topological polar surface area (TPSA) is 26.0 Å². The fourth-order valence-corrected chi connectivity index (χ4v) is 8.84. The van der Waals surface area contributed by atoms with Gasteiger partial charge in [0, 0.05) is 11.7 Å². The van der Waals surface area contributed by atoms with Crippen LogP contribution in [0.25, 0.3) is 32.7 Å². The van der Waals surface area contributed by atoms with E-state index in [0.717, 1.165) is 12.3 Å². The number of fused-ring (bicyclic) bond motifs is 7. The van der Waals surface area contributed by atoms with Gasteiger partial charge in [-0.1, -0.05) is 111 Å². The van der Waals surface area contributed by atoms with Crippen molar-refractivity contribution in [2.45, 2.75) is 30.9 Å². The van der Waals surface area contributed by atoms with Crippen LogP contribution in [0.1, 0.15) is 29.3 Å². The van der Waals surface area contributed by atoms with Crippen LogP contribution in [0, 0.1) is 0 Å². The maximum atomic E-state index is 6.69. The molecule has 0 bridgehead atoms. The number of hydrogen-bond donors (Lipinski definition) is 1. The Morgan fingerprint density at radius 2 is 1.09 bits per heavy atom. The Bertz CT molecular complexity index is 1370. The van der Waals surface area contributed by atoms with Crippen LogP contribution in [0.4, 0.5) is 0 Å². The molecule has 0 fully saturated rings. The molecular weight excluding hydrogens is 417 g/mol. The molecule has 33 heavy (non-hydrogen) atoms. The zero-order chi connectivity index (χ0) is 22.4. The Morgan fingerprint density at radius 3 is 1.61 bits per heavy atom. The molecule has 1 heterocycles. The van der Waals surface area contributed by atoms with Gasteiger partial charge in [-0.05, 0) is 68.6 Å². The molecule has 5 aromatic rings. The highest BCUT2D eigenvalue weighted by Gasteiger charge is 2.31. The summed E-state index contributed by atoms with van der Waals surface area (Å²) >= 11 is 0. The summed E-state index contributed by atoms with van der Waals surface area (Å²) in [6, 6.07) is 38.2. The summed E-state index contributed by atoms with van der Waals surface area (Å²) in [7, 11) is -0.386. The molecule has 0 spiro atoms. The quantitative estimate of drug-likeness (QED) is 0.278. The van der Waals surface area contributed by atoms with Gasteiger partial charge in [-0.3, -0.25) is 0 Å². The predicted octanol–water partition coefficient (Wildman–Crippen LogP) is 8.24. The third-order valence-corrected chi connectivity index (χ3v) is 10.1. The largest absolute Gasteiger partial charge is 0.327 e. The van der Waals surface area contributed by atoms with Crippen molar-refractivity contribution in [1.82, 2.24) is 0 Å². The first kappa shape index (κ1) is 20.6. The summed E-state index contributed by atoms with van der Waals surface area (Å²) in [5.41, 5.74) is 14.2. The van der Waals surface area contributed by atoms with Crippen LogP contribution in [0.3, 0.4) is 0 Å². The summed E-state index contributed by atoms with van der Waals surface area (Å²) in [5.74, 6) is 0. The molecule has 0 saturated carbocycles. The molecule has 1 aliphatic heterocycles. The molecule has 1 aliphatic rings. The lowest BCUT2D eigenvalue weighted by atomic mass is 9.88. The van der Waals surface area contributed by atoms with Crippen molar-refractivity contribution >= 4 is 29.5 Å². The van der Waals surface area contributed by atoms with Crippen molar-refractivity contribution in [3.63, 3.8) is 0 Å². The van der Waals surface area contributed by atoms with Crippen LogP contribution in [0.2, 0.25) is 0 Å². The van der Waals surface area contributed by atoms with Gasteiger partial charge in [0.1, 0.15) is 0 Å². The van der Waals surface area contributed by atoms with Gasteiger partial charge in [0.15, 0.2) is 0 Å². The van der Waals surface area contributed by atoms with Crippen LogP contribution in [0.5, 0.6) is 0 Å². The van der Waals surface area contributed by atoms with Crippen LogP contribution in [-0.2, 0) is 12.3 Å². The minimum atomic E-state index is -0.386. The van der Waals surface area contributed by atoms with Crippen molar-refractivity contribution < 1.29 is 0 Å². The molecule has 1 nitrogen and oxygen atoms in total. The average Bonchev–Trinajstić information content (AvgIpc) is 3.01. The molecule has 2 atom stereocenters. The molecular formula is C31H28NP. The van der Waals surface area contributed by atoms with Crippen LogP contribution >= 0.6 is 7.92 Å². The summed E-state index contributed by atoms with van der Waals surface area (Å²) in [4.78, 5) is 0. The predicted molar refractivity (Wildman–Crippen MR) is 144 cm³/mol. The van der Waals surface area contributed by atoms with Gasteiger partial charge in [-0.2, -0.15) is 0 Å². The van der Waals surface area contributed by atoms with Crippen molar-refractivity contribution in [3.05, 3.63) is 120 Å². The fraction of sp³-hybridized carbons (Fsp3) is 0.161. The summed E-state index contributed by atoms with van der Waals surface area (Å²) in [6.45, 7) is 2.19. The Hall–Kier alpha value is -2.99. The van der Waals surface area contributed by atoms with Gasteiger partial charge >= 0.3 is 0 Å². The summed E-state index contributed by atoms with van der Waals surface area (Å²) < 4.78 is 0. The van der Waals surface area contributed by atoms with E-state index in [-0.39, 0.29) is 14.0 Å². The maximum absolute atomic E-state index is 6.69. The zero-order valence-corrected chi connectivity index (χ0v) is 19.8. The lowest BCUT2D eigenvalue weighted by Crippen LogP contribution is -2.24. The first-order valence-corrected chi connectivity index (χ1v) is 13.5. The maximum Gasteiger partial charge on any atom is 0.0197 e. The molecule has 0 amide bonds. The molecule has 2 N–H and O–H groups in total. The molecule has 0 aromatic heterocycles. The minimum absolute atomic E-state index is 0.115. The molecule has 0 radical (unpaired) electrons. The number of nitrogens with two attached hydrogens (primary N) is 1. The van der Waals surface area contributed by atoms with Crippen LogP contribution < -0.4 is 5.73 Å². The third kappa shape index (κ3) is 3.57. The Labute approximate surface area is 197 Å². The highest BCUT2D eigenvalue weighted by molar-refractivity contribution is 7.56. The van der Waals surface area contributed by atoms with Crippen molar-refractivity contribution in [2.75, 3.05) is 0 Å². The van der Waals surface area contributed by atoms with Gasteiger partial charge in [0.05, 0.1) is 0 Å². The summed E-state index contributed by atoms with van der Waals surface area (Å²) in [6.07, 6.45) is 2.19. The van der Waals surface area contributed by atoms with E-state index in [0.29, 0.717) is 5.66 Å². The second kappa shape index (κ2) is 8.41. The Morgan fingerprint density at radius 1 is 0.606 bits per heavy atom.